The zero-order valence-electron chi connectivity index (χ0n) is 16.3. The first-order chi connectivity index (χ1) is 14.5. The molecule has 0 N–H and O–H groups in total. The van der Waals surface area contributed by atoms with Crippen molar-refractivity contribution in [1.29, 1.82) is 0 Å². The van der Waals surface area contributed by atoms with Crippen LogP contribution in [0.3, 0.4) is 0 Å². The molecule has 0 saturated carbocycles. The monoisotopic (exact) mass is 436 g/mol. The third kappa shape index (κ3) is 3.28. The number of amides is 1. The second-order valence-electron chi connectivity index (χ2n) is 7.04. The molecule has 8 heteroatoms. The maximum absolute atomic E-state index is 13.3. The molecular formula is C22H17FN4OS2. The minimum Gasteiger partial charge on any atom is -0.334 e. The van der Waals surface area contributed by atoms with E-state index >= 15 is 0 Å². The largest absolute Gasteiger partial charge is 0.334 e. The van der Waals surface area contributed by atoms with Gasteiger partial charge in [0.25, 0.3) is 5.91 Å². The van der Waals surface area contributed by atoms with E-state index in [1.54, 1.807) is 40.1 Å². The van der Waals surface area contributed by atoms with Gasteiger partial charge in [0, 0.05) is 12.4 Å². The molecule has 5 nitrogen and oxygen atoms in total. The Morgan fingerprint density at radius 3 is 2.67 bits per heavy atom. The van der Waals surface area contributed by atoms with Gasteiger partial charge in [-0.05, 0) is 49.4 Å². The van der Waals surface area contributed by atoms with Crippen molar-refractivity contribution in [3.05, 3.63) is 76.0 Å². The number of carbonyl (C=O) groups excluding carboxylic acids is 1. The lowest BCUT2D eigenvalue weighted by Crippen LogP contribution is -2.25. The van der Waals surface area contributed by atoms with Crippen LogP contribution in [0.25, 0.3) is 26.1 Å². The molecule has 0 unspecified atom stereocenters. The summed E-state index contributed by atoms with van der Waals surface area (Å²) in [7, 11) is 1.79. The molecule has 0 aliphatic rings. The van der Waals surface area contributed by atoms with Crippen LogP contribution in [-0.2, 0) is 6.54 Å². The third-order valence-electron chi connectivity index (χ3n) is 4.88. The van der Waals surface area contributed by atoms with Crippen molar-refractivity contribution in [3.8, 4) is 5.69 Å². The summed E-state index contributed by atoms with van der Waals surface area (Å²) in [6, 6.07) is 16.0. The summed E-state index contributed by atoms with van der Waals surface area (Å²) in [4.78, 5) is 20.9. The number of hydrogen-bond acceptors (Lipinski definition) is 5. The highest BCUT2D eigenvalue weighted by Crippen LogP contribution is 2.31. The molecule has 0 bridgehead atoms. The average Bonchev–Trinajstić information content (AvgIpc) is 3.42. The van der Waals surface area contributed by atoms with E-state index < -0.39 is 0 Å². The number of fused-ring (bicyclic) bond motifs is 2. The van der Waals surface area contributed by atoms with E-state index in [1.807, 2.05) is 37.3 Å². The van der Waals surface area contributed by atoms with Gasteiger partial charge in [-0.2, -0.15) is 5.10 Å². The highest BCUT2D eigenvalue weighted by atomic mass is 32.1. The number of nitrogens with zero attached hydrogens (tertiary/aromatic N) is 4. The third-order valence-corrected chi connectivity index (χ3v) is 7.00. The molecule has 0 aliphatic heterocycles. The van der Waals surface area contributed by atoms with Crippen LogP contribution in [0, 0.1) is 12.7 Å². The van der Waals surface area contributed by atoms with E-state index in [1.165, 1.54) is 23.5 Å². The van der Waals surface area contributed by atoms with Gasteiger partial charge in [0.1, 0.15) is 15.7 Å². The van der Waals surface area contributed by atoms with Gasteiger partial charge >= 0.3 is 0 Å². The Balaban J connectivity index is 1.44. The zero-order chi connectivity index (χ0) is 20.8. The molecule has 5 aromatic rings. The van der Waals surface area contributed by atoms with Crippen molar-refractivity contribution in [2.24, 2.45) is 0 Å². The van der Waals surface area contributed by atoms with Gasteiger partial charge in [0.2, 0.25) is 0 Å². The van der Waals surface area contributed by atoms with Gasteiger partial charge in [-0.15, -0.1) is 22.7 Å². The Bertz CT molecular complexity index is 1350. The summed E-state index contributed by atoms with van der Waals surface area (Å²) >= 11 is 3.00. The molecule has 1 amide bonds. The van der Waals surface area contributed by atoms with Crippen LogP contribution >= 0.6 is 22.7 Å². The highest BCUT2D eigenvalue weighted by Gasteiger charge is 2.20. The number of benzene rings is 2. The fraction of sp³-hybridized carbons (Fsp3) is 0.136. The number of carbonyl (C=O) groups is 1. The van der Waals surface area contributed by atoms with E-state index in [0.29, 0.717) is 11.4 Å². The minimum atomic E-state index is -0.294. The number of aryl methyl sites for hydroxylation is 1. The Labute approximate surface area is 180 Å². The molecule has 3 heterocycles. The molecule has 3 aromatic heterocycles. The summed E-state index contributed by atoms with van der Waals surface area (Å²) in [5, 5.41) is 6.39. The summed E-state index contributed by atoms with van der Waals surface area (Å²) in [6.45, 7) is 2.36. The summed E-state index contributed by atoms with van der Waals surface area (Å²) < 4.78 is 16.2. The molecule has 5 rings (SSSR count). The Morgan fingerprint density at radius 1 is 1.13 bits per heavy atom. The first-order valence-corrected chi connectivity index (χ1v) is 11.0. The van der Waals surface area contributed by atoms with Crippen molar-refractivity contribution in [3.63, 3.8) is 0 Å². The van der Waals surface area contributed by atoms with Crippen LogP contribution in [0.2, 0.25) is 0 Å². The second kappa shape index (κ2) is 7.30. The minimum absolute atomic E-state index is 0.0551. The smallest absolute Gasteiger partial charge is 0.264 e. The molecule has 2 aromatic carbocycles. The molecule has 0 spiro atoms. The number of thiazole rings is 1. The number of halogens is 1. The first-order valence-electron chi connectivity index (χ1n) is 9.34. The van der Waals surface area contributed by atoms with Crippen LogP contribution in [0.15, 0.2) is 54.6 Å². The van der Waals surface area contributed by atoms with Gasteiger partial charge in [-0.1, -0.05) is 12.1 Å². The van der Waals surface area contributed by atoms with Crippen molar-refractivity contribution in [2.75, 3.05) is 7.05 Å². The van der Waals surface area contributed by atoms with Crippen molar-refractivity contribution < 1.29 is 9.18 Å². The predicted molar refractivity (Wildman–Crippen MR) is 119 cm³/mol. The van der Waals surface area contributed by atoms with Gasteiger partial charge in [-0.25, -0.2) is 14.1 Å². The lowest BCUT2D eigenvalue weighted by Gasteiger charge is -2.14. The molecule has 0 fully saturated rings. The fourth-order valence-electron chi connectivity index (χ4n) is 3.36. The summed E-state index contributed by atoms with van der Waals surface area (Å²) in [5.74, 6) is -0.349. The van der Waals surface area contributed by atoms with Crippen LogP contribution in [-0.4, -0.2) is 32.6 Å². The zero-order valence-corrected chi connectivity index (χ0v) is 17.9. The Hall–Kier alpha value is -3.10. The van der Waals surface area contributed by atoms with Gasteiger partial charge < -0.3 is 4.90 Å². The molecule has 0 atom stereocenters. The lowest BCUT2D eigenvalue weighted by molar-refractivity contribution is 0.0790. The second-order valence-corrected chi connectivity index (χ2v) is 9.19. The summed E-state index contributed by atoms with van der Waals surface area (Å²) in [5.41, 5.74) is 2.55. The molecule has 0 radical (unpaired) electrons. The number of aromatic nitrogens is 3. The van der Waals surface area contributed by atoms with Crippen LogP contribution in [0.5, 0.6) is 0 Å². The normalized spacial score (nSPS) is 11.4. The van der Waals surface area contributed by atoms with Crippen molar-refractivity contribution in [1.82, 2.24) is 19.7 Å². The molecule has 150 valence electrons. The maximum Gasteiger partial charge on any atom is 0.264 e. The van der Waals surface area contributed by atoms with Crippen LogP contribution in [0.1, 0.15) is 20.4 Å². The number of para-hydroxylation sites is 1. The van der Waals surface area contributed by atoms with E-state index in [0.717, 1.165) is 36.8 Å². The average molecular weight is 437 g/mol. The number of thiophene rings is 1. The Morgan fingerprint density at radius 2 is 1.90 bits per heavy atom. The van der Waals surface area contributed by atoms with Gasteiger partial charge in [0.15, 0.2) is 0 Å². The molecular weight excluding hydrogens is 419 g/mol. The van der Waals surface area contributed by atoms with Crippen molar-refractivity contribution in [2.45, 2.75) is 13.5 Å². The standard InChI is InChI=1S/C22H17FN4OS2/c1-13-16-11-19(30-22(16)27(25-13)15-9-7-14(23)8-10-15)21(28)26(2)12-20-24-17-5-3-4-6-18(17)29-20/h3-11H,12H2,1-2H3. The van der Waals surface area contributed by atoms with Gasteiger partial charge in [-0.3, -0.25) is 4.79 Å². The lowest BCUT2D eigenvalue weighted by atomic mass is 10.3. The van der Waals surface area contributed by atoms with Crippen molar-refractivity contribution >= 4 is 49.0 Å². The maximum atomic E-state index is 13.3. The van der Waals surface area contributed by atoms with E-state index in [-0.39, 0.29) is 11.7 Å². The highest BCUT2D eigenvalue weighted by molar-refractivity contribution is 7.20. The first kappa shape index (κ1) is 18.9. The van der Waals surface area contributed by atoms with Crippen LogP contribution in [0.4, 0.5) is 4.39 Å². The molecule has 0 saturated heterocycles. The van der Waals surface area contributed by atoms with E-state index in [2.05, 4.69) is 10.1 Å². The fourth-order valence-corrected chi connectivity index (χ4v) is 5.56. The van der Waals surface area contributed by atoms with Crippen LogP contribution < -0.4 is 0 Å². The molecule has 30 heavy (non-hydrogen) atoms. The van der Waals surface area contributed by atoms with Gasteiger partial charge in [0.05, 0.1) is 33.0 Å². The topological polar surface area (TPSA) is 51.0 Å². The Kier molecular flexibility index (Phi) is 4.60. The van der Waals surface area contributed by atoms with E-state index in [4.69, 9.17) is 0 Å². The quantitative estimate of drug-likeness (QED) is 0.378. The van der Waals surface area contributed by atoms with E-state index in [9.17, 15) is 9.18 Å². The number of hydrogen-bond donors (Lipinski definition) is 0. The summed E-state index contributed by atoms with van der Waals surface area (Å²) in [6.07, 6.45) is 0. The predicted octanol–water partition coefficient (Wildman–Crippen LogP) is 5.42. The number of rotatable bonds is 4. The SMILES string of the molecule is Cc1nn(-c2ccc(F)cc2)c2sc(C(=O)N(C)Cc3nc4ccccc4s3)cc12. The molecule has 0 aliphatic carbocycles.